The average Bonchev–Trinajstić information content (AvgIpc) is 2.88. The van der Waals surface area contributed by atoms with Gasteiger partial charge in [0.1, 0.15) is 12.4 Å². The van der Waals surface area contributed by atoms with Gasteiger partial charge in [0.25, 0.3) is 0 Å². The van der Waals surface area contributed by atoms with E-state index in [0.717, 1.165) is 36.5 Å². The molecule has 2 nitrogen and oxygen atoms in total. The Kier molecular flexibility index (Phi) is 6.41. The maximum absolute atomic E-state index is 6.42. The van der Waals surface area contributed by atoms with Gasteiger partial charge in [-0.15, -0.1) is 0 Å². The second-order valence-corrected chi connectivity index (χ2v) is 11.6. The van der Waals surface area contributed by atoms with Crippen molar-refractivity contribution in [2.24, 2.45) is 17.8 Å². The van der Waals surface area contributed by atoms with Gasteiger partial charge in [-0.1, -0.05) is 78.9 Å². The SMILES string of the molecule is CN(CCC(c1ccccc1)c1ccccc1OCc1ccccc1)C12CC3CC(CC(C3)C1)C2. The predicted octanol–water partition coefficient (Wildman–Crippen LogP) is 7.69. The van der Waals surface area contributed by atoms with Crippen molar-refractivity contribution in [1.82, 2.24) is 4.90 Å². The van der Waals surface area contributed by atoms with Crippen LogP contribution in [0, 0.1) is 17.8 Å². The fraction of sp³-hybridized carbons (Fsp3) is 0.455. The van der Waals surface area contributed by atoms with Crippen molar-refractivity contribution in [3.8, 4) is 5.75 Å². The molecule has 0 radical (unpaired) electrons. The van der Waals surface area contributed by atoms with Crippen LogP contribution in [0.1, 0.15) is 67.6 Å². The summed E-state index contributed by atoms with van der Waals surface area (Å²) in [7, 11) is 2.42. The van der Waals surface area contributed by atoms with Gasteiger partial charge in [0.2, 0.25) is 0 Å². The summed E-state index contributed by atoms with van der Waals surface area (Å²) in [6, 6.07) is 30.3. The molecule has 35 heavy (non-hydrogen) atoms. The molecule has 3 aromatic rings. The minimum Gasteiger partial charge on any atom is -0.489 e. The Morgan fingerprint density at radius 2 is 1.34 bits per heavy atom. The Morgan fingerprint density at radius 1 is 0.771 bits per heavy atom. The Labute approximate surface area is 211 Å². The van der Waals surface area contributed by atoms with E-state index in [4.69, 9.17) is 4.74 Å². The summed E-state index contributed by atoms with van der Waals surface area (Å²) in [6.07, 6.45) is 9.93. The molecule has 0 heterocycles. The topological polar surface area (TPSA) is 12.5 Å². The standard InChI is InChI=1S/C33H39NO/c1-34(33-21-26-18-27(22-33)20-28(19-26)23-33)17-16-30(29-12-6-3-7-13-29)31-14-8-9-15-32(31)35-24-25-10-4-2-5-11-25/h2-15,26-28,30H,16-24H2,1H3. The summed E-state index contributed by atoms with van der Waals surface area (Å²) in [4.78, 5) is 2.78. The minimum absolute atomic E-state index is 0.333. The predicted molar refractivity (Wildman–Crippen MR) is 144 cm³/mol. The quantitative estimate of drug-likeness (QED) is 0.321. The molecule has 4 bridgehead atoms. The summed E-state index contributed by atoms with van der Waals surface area (Å²) in [6.45, 7) is 1.74. The van der Waals surface area contributed by atoms with Gasteiger partial charge >= 0.3 is 0 Å². The first-order valence-electron chi connectivity index (χ1n) is 13.7. The lowest BCUT2D eigenvalue weighted by Gasteiger charge is -2.60. The average molecular weight is 466 g/mol. The number of para-hydroxylation sites is 1. The number of nitrogens with zero attached hydrogens (tertiary/aromatic N) is 1. The third-order valence-electron chi connectivity index (χ3n) is 9.30. The smallest absolute Gasteiger partial charge is 0.123 e. The van der Waals surface area contributed by atoms with Gasteiger partial charge in [-0.2, -0.15) is 0 Å². The summed E-state index contributed by atoms with van der Waals surface area (Å²) in [5.41, 5.74) is 4.37. The Bertz CT molecular complexity index is 1070. The molecule has 182 valence electrons. The summed E-state index contributed by atoms with van der Waals surface area (Å²) in [5, 5.41) is 0. The van der Waals surface area contributed by atoms with Gasteiger partial charge in [0, 0.05) is 17.0 Å². The first kappa shape index (κ1) is 22.9. The van der Waals surface area contributed by atoms with Crippen LogP contribution in [0.4, 0.5) is 0 Å². The van der Waals surface area contributed by atoms with Gasteiger partial charge in [-0.05, 0) is 93.5 Å². The van der Waals surface area contributed by atoms with Crippen LogP contribution < -0.4 is 4.74 Å². The lowest BCUT2D eigenvalue weighted by molar-refractivity contribution is -0.0794. The van der Waals surface area contributed by atoms with E-state index in [1.807, 2.05) is 0 Å². The van der Waals surface area contributed by atoms with Crippen LogP contribution in [0.15, 0.2) is 84.9 Å². The van der Waals surface area contributed by atoms with Gasteiger partial charge in [0.15, 0.2) is 0 Å². The van der Waals surface area contributed by atoms with E-state index in [1.165, 1.54) is 55.2 Å². The number of rotatable bonds is 9. The van der Waals surface area contributed by atoms with Crippen molar-refractivity contribution in [2.45, 2.75) is 63.0 Å². The highest BCUT2D eigenvalue weighted by Gasteiger charge is 2.52. The molecular weight excluding hydrogens is 426 g/mol. The van der Waals surface area contributed by atoms with Crippen molar-refractivity contribution in [3.05, 3.63) is 102 Å². The Balaban J connectivity index is 1.23. The van der Waals surface area contributed by atoms with Crippen molar-refractivity contribution in [3.63, 3.8) is 0 Å². The molecule has 4 fully saturated rings. The molecule has 0 amide bonds. The van der Waals surface area contributed by atoms with Gasteiger partial charge in [0.05, 0.1) is 0 Å². The molecule has 0 saturated heterocycles. The van der Waals surface area contributed by atoms with Crippen molar-refractivity contribution >= 4 is 0 Å². The molecule has 0 aliphatic heterocycles. The molecule has 4 saturated carbocycles. The zero-order chi connectivity index (χ0) is 23.7. The van der Waals surface area contributed by atoms with Crippen molar-refractivity contribution in [1.29, 1.82) is 0 Å². The number of ether oxygens (including phenoxy) is 1. The zero-order valence-corrected chi connectivity index (χ0v) is 21.1. The van der Waals surface area contributed by atoms with Crippen LogP contribution in [0.3, 0.4) is 0 Å². The van der Waals surface area contributed by atoms with Crippen LogP contribution >= 0.6 is 0 Å². The van der Waals surface area contributed by atoms with Crippen LogP contribution in [0.25, 0.3) is 0 Å². The molecule has 0 spiro atoms. The molecule has 2 heteroatoms. The molecule has 1 unspecified atom stereocenters. The highest BCUT2D eigenvalue weighted by molar-refractivity contribution is 5.42. The highest BCUT2D eigenvalue weighted by atomic mass is 16.5. The molecule has 7 rings (SSSR count). The normalized spacial score (nSPS) is 27.8. The first-order chi connectivity index (χ1) is 17.2. The molecule has 3 aromatic carbocycles. The lowest BCUT2D eigenvalue weighted by Crippen LogP contribution is -2.59. The van der Waals surface area contributed by atoms with E-state index >= 15 is 0 Å². The van der Waals surface area contributed by atoms with E-state index in [0.29, 0.717) is 18.1 Å². The maximum atomic E-state index is 6.42. The van der Waals surface area contributed by atoms with E-state index in [9.17, 15) is 0 Å². The van der Waals surface area contributed by atoms with Gasteiger partial charge in [-0.25, -0.2) is 0 Å². The number of hydrogen-bond acceptors (Lipinski definition) is 2. The zero-order valence-electron chi connectivity index (χ0n) is 21.1. The Morgan fingerprint density at radius 3 is 2.00 bits per heavy atom. The van der Waals surface area contributed by atoms with Crippen LogP contribution in [-0.2, 0) is 6.61 Å². The minimum atomic E-state index is 0.333. The largest absolute Gasteiger partial charge is 0.489 e. The monoisotopic (exact) mass is 465 g/mol. The Hall–Kier alpha value is -2.58. The van der Waals surface area contributed by atoms with Crippen molar-refractivity contribution < 1.29 is 4.74 Å². The molecule has 0 aromatic heterocycles. The summed E-state index contributed by atoms with van der Waals surface area (Å²) < 4.78 is 6.42. The van der Waals surface area contributed by atoms with Crippen molar-refractivity contribution in [2.75, 3.05) is 13.6 Å². The molecule has 0 N–H and O–H groups in total. The second-order valence-electron chi connectivity index (χ2n) is 11.6. The van der Waals surface area contributed by atoms with E-state index < -0.39 is 0 Å². The van der Waals surface area contributed by atoms with E-state index in [2.05, 4.69) is 96.9 Å². The number of benzene rings is 3. The molecule has 4 aliphatic carbocycles. The third kappa shape index (κ3) is 4.78. The molecule has 1 atom stereocenters. The van der Waals surface area contributed by atoms with Crippen LogP contribution in [-0.4, -0.2) is 24.0 Å². The molecular formula is C33H39NO. The van der Waals surface area contributed by atoms with E-state index in [-0.39, 0.29) is 0 Å². The summed E-state index contributed by atoms with van der Waals surface area (Å²) in [5.74, 6) is 4.31. The fourth-order valence-corrected chi connectivity index (χ4v) is 7.91. The third-order valence-corrected chi connectivity index (χ3v) is 9.30. The fourth-order valence-electron chi connectivity index (χ4n) is 7.91. The first-order valence-corrected chi connectivity index (χ1v) is 13.7. The second kappa shape index (κ2) is 9.82. The van der Waals surface area contributed by atoms with Gasteiger partial charge in [-0.3, -0.25) is 0 Å². The molecule has 4 aliphatic rings. The van der Waals surface area contributed by atoms with Crippen LogP contribution in [0.2, 0.25) is 0 Å². The number of hydrogen-bond donors (Lipinski definition) is 0. The summed E-state index contributed by atoms with van der Waals surface area (Å²) >= 11 is 0. The maximum Gasteiger partial charge on any atom is 0.123 e. The van der Waals surface area contributed by atoms with E-state index in [1.54, 1.807) is 0 Å². The van der Waals surface area contributed by atoms with Gasteiger partial charge < -0.3 is 9.64 Å². The lowest BCUT2D eigenvalue weighted by atomic mass is 9.52. The van der Waals surface area contributed by atoms with Crippen LogP contribution in [0.5, 0.6) is 5.75 Å². The highest BCUT2D eigenvalue weighted by Crippen LogP contribution is 2.57.